The fraction of sp³-hybridized carbons (Fsp3) is 0.118. The van der Waals surface area contributed by atoms with Gasteiger partial charge in [-0.15, -0.1) is 0 Å². The number of aromatic nitrogens is 2. The Morgan fingerprint density at radius 3 is 2.67 bits per heavy atom. The molecule has 0 fully saturated rings. The normalized spacial score (nSPS) is 10.4. The standard InChI is InChI=1S/C17H14N2O5/c1-10(20)23-15-9-11(22-2)7-8-13(15)17-18-16(19-24-17)12-5-3-4-6-14(12)21/h3-9,21H,1-2H3. The SMILES string of the molecule is COc1ccc(-c2nc(-c3ccccc3O)no2)c(OC(C)=O)c1. The summed E-state index contributed by atoms with van der Waals surface area (Å²) >= 11 is 0. The first-order valence-electron chi connectivity index (χ1n) is 7.07. The molecule has 3 aromatic rings. The fourth-order valence-electron chi connectivity index (χ4n) is 2.15. The van der Waals surface area contributed by atoms with Crippen LogP contribution >= 0.6 is 0 Å². The summed E-state index contributed by atoms with van der Waals surface area (Å²) in [6, 6.07) is 11.5. The van der Waals surface area contributed by atoms with Crippen LogP contribution < -0.4 is 9.47 Å². The molecule has 7 heteroatoms. The average molecular weight is 326 g/mol. The molecular weight excluding hydrogens is 312 g/mol. The van der Waals surface area contributed by atoms with Crippen molar-refractivity contribution < 1.29 is 23.9 Å². The van der Waals surface area contributed by atoms with Gasteiger partial charge in [-0.05, 0) is 24.3 Å². The van der Waals surface area contributed by atoms with E-state index in [9.17, 15) is 9.90 Å². The zero-order valence-corrected chi connectivity index (χ0v) is 13.0. The third-order valence-corrected chi connectivity index (χ3v) is 3.24. The lowest BCUT2D eigenvalue weighted by Crippen LogP contribution is -2.03. The molecule has 1 heterocycles. The van der Waals surface area contributed by atoms with Crippen LogP contribution in [0, 0.1) is 0 Å². The maximum atomic E-state index is 11.3. The van der Waals surface area contributed by atoms with E-state index in [0.29, 0.717) is 16.9 Å². The van der Waals surface area contributed by atoms with E-state index < -0.39 is 5.97 Å². The van der Waals surface area contributed by atoms with Gasteiger partial charge in [0.2, 0.25) is 5.82 Å². The summed E-state index contributed by atoms with van der Waals surface area (Å²) in [4.78, 5) is 15.6. The van der Waals surface area contributed by atoms with Crippen LogP contribution in [-0.4, -0.2) is 28.3 Å². The quantitative estimate of drug-likeness (QED) is 0.581. The van der Waals surface area contributed by atoms with Crippen molar-refractivity contribution in [1.29, 1.82) is 0 Å². The van der Waals surface area contributed by atoms with Crippen LogP contribution in [0.3, 0.4) is 0 Å². The van der Waals surface area contributed by atoms with Crippen LogP contribution in [0.2, 0.25) is 0 Å². The molecule has 2 aromatic carbocycles. The lowest BCUT2D eigenvalue weighted by molar-refractivity contribution is -0.131. The third kappa shape index (κ3) is 3.05. The summed E-state index contributed by atoms with van der Waals surface area (Å²) in [5.41, 5.74) is 0.884. The molecule has 0 aliphatic carbocycles. The zero-order valence-electron chi connectivity index (χ0n) is 13.0. The maximum absolute atomic E-state index is 11.3. The molecule has 0 saturated carbocycles. The molecular formula is C17H14N2O5. The molecule has 0 aliphatic rings. The van der Waals surface area contributed by atoms with Gasteiger partial charge in [0.1, 0.15) is 17.2 Å². The third-order valence-electron chi connectivity index (χ3n) is 3.24. The number of esters is 1. The van der Waals surface area contributed by atoms with Crippen LogP contribution in [-0.2, 0) is 4.79 Å². The summed E-state index contributed by atoms with van der Waals surface area (Å²) in [5, 5.41) is 13.7. The van der Waals surface area contributed by atoms with E-state index in [1.54, 1.807) is 36.4 Å². The van der Waals surface area contributed by atoms with Crippen molar-refractivity contribution in [2.75, 3.05) is 7.11 Å². The van der Waals surface area contributed by atoms with Crippen LogP contribution in [0.5, 0.6) is 17.2 Å². The number of methoxy groups -OCH3 is 1. The van der Waals surface area contributed by atoms with E-state index in [1.807, 2.05) is 0 Å². The number of phenolic OH excluding ortho intramolecular Hbond substituents is 1. The topological polar surface area (TPSA) is 94.7 Å². The van der Waals surface area contributed by atoms with Gasteiger partial charge in [0.15, 0.2) is 0 Å². The summed E-state index contributed by atoms with van der Waals surface area (Å²) in [6.07, 6.45) is 0. The molecule has 0 unspecified atom stereocenters. The van der Waals surface area contributed by atoms with Gasteiger partial charge >= 0.3 is 5.97 Å². The van der Waals surface area contributed by atoms with E-state index in [1.165, 1.54) is 20.1 Å². The number of phenols is 1. The molecule has 3 rings (SSSR count). The Kier molecular flexibility index (Phi) is 4.15. The van der Waals surface area contributed by atoms with Gasteiger partial charge in [-0.3, -0.25) is 4.79 Å². The monoisotopic (exact) mass is 326 g/mol. The maximum Gasteiger partial charge on any atom is 0.308 e. The van der Waals surface area contributed by atoms with Crippen LogP contribution in [0.1, 0.15) is 6.92 Å². The number of carbonyl (C=O) groups is 1. The first-order valence-corrected chi connectivity index (χ1v) is 7.07. The number of hydrogen-bond acceptors (Lipinski definition) is 7. The smallest absolute Gasteiger partial charge is 0.308 e. The number of para-hydroxylation sites is 1. The second kappa shape index (κ2) is 6.41. The van der Waals surface area contributed by atoms with E-state index in [2.05, 4.69) is 10.1 Å². The van der Waals surface area contributed by atoms with Crippen LogP contribution in [0.15, 0.2) is 47.0 Å². The van der Waals surface area contributed by atoms with Crippen molar-refractivity contribution in [2.24, 2.45) is 0 Å². The number of hydrogen-bond donors (Lipinski definition) is 1. The molecule has 0 saturated heterocycles. The first kappa shape index (κ1) is 15.5. The summed E-state index contributed by atoms with van der Waals surface area (Å²) in [7, 11) is 1.51. The second-order valence-corrected chi connectivity index (χ2v) is 4.90. The van der Waals surface area contributed by atoms with Gasteiger partial charge in [0, 0.05) is 13.0 Å². The fourth-order valence-corrected chi connectivity index (χ4v) is 2.15. The van der Waals surface area contributed by atoms with Gasteiger partial charge in [-0.1, -0.05) is 17.3 Å². The zero-order chi connectivity index (χ0) is 17.1. The van der Waals surface area contributed by atoms with Gasteiger partial charge in [-0.25, -0.2) is 0 Å². The number of rotatable bonds is 4. The lowest BCUT2D eigenvalue weighted by Gasteiger charge is -2.07. The number of aromatic hydroxyl groups is 1. The van der Waals surface area contributed by atoms with E-state index in [4.69, 9.17) is 14.0 Å². The average Bonchev–Trinajstić information content (AvgIpc) is 3.04. The molecule has 0 spiro atoms. The summed E-state index contributed by atoms with van der Waals surface area (Å²) in [6.45, 7) is 1.30. The van der Waals surface area contributed by atoms with Crippen molar-refractivity contribution in [3.63, 3.8) is 0 Å². The van der Waals surface area contributed by atoms with Gasteiger partial charge < -0.3 is 19.1 Å². The van der Waals surface area contributed by atoms with Crippen molar-refractivity contribution in [1.82, 2.24) is 10.1 Å². The van der Waals surface area contributed by atoms with Crippen molar-refractivity contribution in [3.05, 3.63) is 42.5 Å². The number of ether oxygens (including phenoxy) is 2. The Hall–Kier alpha value is -3.35. The highest BCUT2D eigenvalue weighted by Gasteiger charge is 2.18. The Labute approximate surface area is 137 Å². The Bertz CT molecular complexity index is 888. The van der Waals surface area contributed by atoms with Crippen LogP contribution in [0.25, 0.3) is 22.8 Å². The van der Waals surface area contributed by atoms with E-state index in [-0.39, 0.29) is 23.2 Å². The molecule has 24 heavy (non-hydrogen) atoms. The highest BCUT2D eigenvalue weighted by atomic mass is 16.5. The molecule has 0 bridgehead atoms. The number of benzene rings is 2. The predicted molar refractivity (Wildman–Crippen MR) is 84.7 cm³/mol. The van der Waals surface area contributed by atoms with Crippen molar-refractivity contribution in [3.8, 4) is 40.1 Å². The van der Waals surface area contributed by atoms with Gasteiger partial charge in [0.05, 0.1) is 18.2 Å². The number of carbonyl (C=O) groups excluding carboxylic acids is 1. The molecule has 0 aliphatic heterocycles. The largest absolute Gasteiger partial charge is 0.507 e. The Morgan fingerprint density at radius 1 is 1.17 bits per heavy atom. The van der Waals surface area contributed by atoms with E-state index in [0.717, 1.165) is 0 Å². The minimum atomic E-state index is -0.482. The minimum absolute atomic E-state index is 0.0415. The van der Waals surface area contributed by atoms with Crippen molar-refractivity contribution in [2.45, 2.75) is 6.92 Å². The second-order valence-electron chi connectivity index (χ2n) is 4.90. The van der Waals surface area contributed by atoms with E-state index >= 15 is 0 Å². The number of nitrogens with zero attached hydrogens (tertiary/aromatic N) is 2. The predicted octanol–water partition coefficient (Wildman–Crippen LogP) is 3.04. The molecule has 7 nitrogen and oxygen atoms in total. The van der Waals surface area contributed by atoms with Crippen LogP contribution in [0.4, 0.5) is 0 Å². The summed E-state index contributed by atoms with van der Waals surface area (Å²) < 4.78 is 15.6. The lowest BCUT2D eigenvalue weighted by atomic mass is 10.1. The molecule has 0 atom stereocenters. The van der Waals surface area contributed by atoms with Crippen molar-refractivity contribution >= 4 is 5.97 Å². The summed E-state index contributed by atoms with van der Waals surface area (Å²) in [5.74, 6) is 0.717. The Balaban J connectivity index is 2.04. The molecule has 0 amide bonds. The van der Waals surface area contributed by atoms with Gasteiger partial charge in [-0.2, -0.15) is 4.98 Å². The highest BCUT2D eigenvalue weighted by Crippen LogP contribution is 2.34. The first-order chi connectivity index (χ1) is 11.6. The molecule has 122 valence electrons. The van der Waals surface area contributed by atoms with Gasteiger partial charge in [0.25, 0.3) is 5.89 Å². The minimum Gasteiger partial charge on any atom is -0.507 e. The molecule has 1 aromatic heterocycles. The molecule has 0 radical (unpaired) electrons. The molecule has 1 N–H and O–H groups in total. The highest BCUT2D eigenvalue weighted by molar-refractivity contribution is 5.75. The Morgan fingerprint density at radius 2 is 1.96 bits per heavy atom.